The Morgan fingerprint density at radius 3 is 2.78 bits per heavy atom. The van der Waals surface area contributed by atoms with Crippen molar-refractivity contribution in [1.82, 2.24) is 4.90 Å². The molecule has 1 fully saturated rings. The summed E-state index contributed by atoms with van der Waals surface area (Å²) in [7, 11) is 0. The third-order valence-electron chi connectivity index (χ3n) is 3.45. The van der Waals surface area contributed by atoms with Gasteiger partial charge in [-0.25, -0.2) is 0 Å². The van der Waals surface area contributed by atoms with Gasteiger partial charge in [0.2, 0.25) is 0 Å². The Morgan fingerprint density at radius 2 is 2.00 bits per heavy atom. The molecule has 0 amide bonds. The molecule has 2 nitrogen and oxygen atoms in total. The van der Waals surface area contributed by atoms with E-state index in [0.29, 0.717) is 11.9 Å². The SMILES string of the molecule is OCCCCCN1CCSC(c2ccccc2)C1. The summed E-state index contributed by atoms with van der Waals surface area (Å²) in [4.78, 5) is 2.57. The van der Waals surface area contributed by atoms with Crippen molar-refractivity contribution in [3.8, 4) is 0 Å². The first-order chi connectivity index (χ1) is 8.90. The van der Waals surface area contributed by atoms with Gasteiger partial charge in [0.15, 0.2) is 0 Å². The van der Waals surface area contributed by atoms with Crippen LogP contribution in [0.5, 0.6) is 0 Å². The Balaban J connectivity index is 1.78. The maximum absolute atomic E-state index is 8.78. The molecule has 1 N–H and O–H groups in total. The largest absolute Gasteiger partial charge is 0.396 e. The highest BCUT2D eigenvalue weighted by Crippen LogP contribution is 2.32. The average molecular weight is 265 g/mol. The first-order valence-electron chi connectivity index (χ1n) is 6.90. The molecule has 100 valence electrons. The molecule has 0 aromatic heterocycles. The Morgan fingerprint density at radius 1 is 1.17 bits per heavy atom. The highest BCUT2D eigenvalue weighted by atomic mass is 32.2. The third-order valence-corrected chi connectivity index (χ3v) is 4.70. The van der Waals surface area contributed by atoms with Crippen molar-refractivity contribution in [3.05, 3.63) is 35.9 Å². The van der Waals surface area contributed by atoms with Gasteiger partial charge in [0.25, 0.3) is 0 Å². The zero-order valence-corrected chi connectivity index (χ0v) is 11.7. The van der Waals surface area contributed by atoms with Crippen molar-refractivity contribution in [2.75, 3.05) is 32.0 Å². The second-order valence-electron chi connectivity index (χ2n) is 4.85. The minimum absolute atomic E-state index is 0.336. The fraction of sp³-hybridized carbons (Fsp3) is 0.600. The molecule has 1 aliphatic heterocycles. The lowest BCUT2D eigenvalue weighted by Gasteiger charge is -2.32. The highest BCUT2D eigenvalue weighted by Gasteiger charge is 2.20. The molecule has 0 spiro atoms. The molecule has 1 aromatic carbocycles. The predicted octanol–water partition coefficient (Wildman–Crippen LogP) is 2.94. The fourth-order valence-corrected chi connectivity index (χ4v) is 3.71. The number of aliphatic hydroxyl groups is 1. The minimum atomic E-state index is 0.336. The normalized spacial score (nSPS) is 21.1. The lowest BCUT2D eigenvalue weighted by atomic mass is 10.1. The van der Waals surface area contributed by atoms with E-state index in [1.165, 1.54) is 37.4 Å². The standard InChI is InChI=1S/C15H23NOS/c17-11-6-2-5-9-16-10-12-18-15(13-16)14-7-3-1-4-8-14/h1,3-4,7-8,15,17H,2,5-6,9-13H2. The van der Waals surface area contributed by atoms with E-state index < -0.39 is 0 Å². The summed E-state index contributed by atoms with van der Waals surface area (Å²) in [5, 5.41) is 9.41. The number of unbranched alkanes of at least 4 members (excludes halogenated alkanes) is 2. The van der Waals surface area contributed by atoms with Crippen LogP contribution in [0.3, 0.4) is 0 Å². The highest BCUT2D eigenvalue weighted by molar-refractivity contribution is 7.99. The van der Waals surface area contributed by atoms with E-state index in [0.717, 1.165) is 12.8 Å². The molecule has 1 atom stereocenters. The van der Waals surface area contributed by atoms with Gasteiger partial charge < -0.3 is 10.0 Å². The second-order valence-corrected chi connectivity index (χ2v) is 6.17. The van der Waals surface area contributed by atoms with Crippen LogP contribution in [-0.2, 0) is 0 Å². The van der Waals surface area contributed by atoms with Crippen molar-refractivity contribution in [1.29, 1.82) is 0 Å². The Hall–Kier alpha value is -0.510. The molecule has 1 aliphatic rings. The molecule has 0 aliphatic carbocycles. The zero-order chi connectivity index (χ0) is 12.6. The van der Waals surface area contributed by atoms with E-state index >= 15 is 0 Å². The predicted molar refractivity (Wildman–Crippen MR) is 79.0 cm³/mol. The summed E-state index contributed by atoms with van der Waals surface area (Å²) in [6.45, 7) is 3.91. The third kappa shape index (κ3) is 4.30. The van der Waals surface area contributed by atoms with Gasteiger partial charge in [-0.2, -0.15) is 11.8 Å². The average Bonchev–Trinajstić information content (AvgIpc) is 2.45. The monoisotopic (exact) mass is 265 g/mol. The summed E-state index contributed by atoms with van der Waals surface area (Å²) >= 11 is 2.08. The number of hydrogen-bond donors (Lipinski definition) is 1. The van der Waals surface area contributed by atoms with Gasteiger partial charge in [0.1, 0.15) is 0 Å². The molecule has 18 heavy (non-hydrogen) atoms. The Bertz CT molecular complexity index is 331. The first kappa shape index (κ1) is 13.9. The number of thioether (sulfide) groups is 1. The molecule has 1 aromatic rings. The molecule has 1 unspecified atom stereocenters. The van der Waals surface area contributed by atoms with Crippen LogP contribution in [0.1, 0.15) is 30.1 Å². The second kappa shape index (κ2) is 7.82. The van der Waals surface area contributed by atoms with Crippen molar-refractivity contribution in [2.45, 2.75) is 24.5 Å². The zero-order valence-electron chi connectivity index (χ0n) is 10.9. The Labute approximate surface area is 114 Å². The van der Waals surface area contributed by atoms with Crippen LogP contribution in [0.4, 0.5) is 0 Å². The molecule has 0 saturated carbocycles. The lowest BCUT2D eigenvalue weighted by Crippen LogP contribution is -2.35. The van der Waals surface area contributed by atoms with Crippen molar-refractivity contribution < 1.29 is 5.11 Å². The van der Waals surface area contributed by atoms with Gasteiger partial charge in [0, 0.05) is 30.7 Å². The van der Waals surface area contributed by atoms with Crippen LogP contribution in [0.25, 0.3) is 0 Å². The van der Waals surface area contributed by atoms with Gasteiger partial charge in [-0.1, -0.05) is 30.3 Å². The van der Waals surface area contributed by atoms with Crippen LogP contribution in [0.2, 0.25) is 0 Å². The van der Waals surface area contributed by atoms with Gasteiger partial charge in [-0.05, 0) is 31.4 Å². The summed E-state index contributed by atoms with van der Waals surface area (Å²) in [6.07, 6.45) is 3.31. The number of aliphatic hydroxyl groups excluding tert-OH is 1. The summed E-state index contributed by atoms with van der Waals surface area (Å²) in [6, 6.07) is 10.8. The van der Waals surface area contributed by atoms with E-state index in [1.807, 2.05) is 0 Å². The smallest absolute Gasteiger partial charge is 0.0431 e. The maximum Gasteiger partial charge on any atom is 0.0431 e. The quantitative estimate of drug-likeness (QED) is 0.800. The topological polar surface area (TPSA) is 23.5 Å². The van der Waals surface area contributed by atoms with E-state index in [4.69, 9.17) is 5.11 Å². The first-order valence-corrected chi connectivity index (χ1v) is 7.95. The van der Waals surface area contributed by atoms with Gasteiger partial charge in [-0.3, -0.25) is 0 Å². The van der Waals surface area contributed by atoms with Crippen LogP contribution < -0.4 is 0 Å². The van der Waals surface area contributed by atoms with Crippen LogP contribution >= 0.6 is 11.8 Å². The lowest BCUT2D eigenvalue weighted by molar-refractivity contribution is 0.257. The van der Waals surface area contributed by atoms with Gasteiger partial charge >= 0.3 is 0 Å². The summed E-state index contributed by atoms with van der Waals surface area (Å²) in [5.74, 6) is 1.24. The molecule has 1 heterocycles. The van der Waals surface area contributed by atoms with Crippen LogP contribution in [-0.4, -0.2) is 42.0 Å². The van der Waals surface area contributed by atoms with Crippen LogP contribution in [0, 0.1) is 0 Å². The summed E-state index contributed by atoms with van der Waals surface area (Å²) < 4.78 is 0. The van der Waals surface area contributed by atoms with Crippen molar-refractivity contribution >= 4 is 11.8 Å². The van der Waals surface area contributed by atoms with E-state index in [1.54, 1.807) is 0 Å². The van der Waals surface area contributed by atoms with Crippen molar-refractivity contribution in [2.24, 2.45) is 0 Å². The Kier molecular flexibility index (Phi) is 6.05. The molecule has 3 heteroatoms. The van der Waals surface area contributed by atoms with Crippen LogP contribution in [0.15, 0.2) is 30.3 Å². The molecule has 1 saturated heterocycles. The molecular weight excluding hydrogens is 242 g/mol. The van der Waals surface area contributed by atoms with Crippen molar-refractivity contribution in [3.63, 3.8) is 0 Å². The maximum atomic E-state index is 8.78. The number of rotatable bonds is 6. The van der Waals surface area contributed by atoms with Gasteiger partial charge in [0.05, 0.1) is 0 Å². The van der Waals surface area contributed by atoms with E-state index in [-0.39, 0.29) is 0 Å². The number of nitrogens with zero attached hydrogens (tertiary/aromatic N) is 1. The van der Waals surface area contributed by atoms with E-state index in [2.05, 4.69) is 47.0 Å². The fourth-order valence-electron chi connectivity index (χ4n) is 2.40. The number of hydrogen-bond acceptors (Lipinski definition) is 3. The summed E-state index contributed by atoms with van der Waals surface area (Å²) in [5.41, 5.74) is 1.46. The molecule has 2 rings (SSSR count). The van der Waals surface area contributed by atoms with E-state index in [9.17, 15) is 0 Å². The number of benzene rings is 1. The molecular formula is C15H23NOS. The molecule has 0 radical (unpaired) electrons. The van der Waals surface area contributed by atoms with Gasteiger partial charge in [-0.15, -0.1) is 0 Å². The molecule has 0 bridgehead atoms. The minimum Gasteiger partial charge on any atom is -0.396 e.